The third kappa shape index (κ3) is 4.42. The summed E-state index contributed by atoms with van der Waals surface area (Å²) in [5, 5.41) is 13.8. The minimum Gasteiger partial charge on any atom is -0.339 e. The molecular weight excluding hydrogens is 406 g/mol. The highest BCUT2D eigenvalue weighted by Gasteiger charge is 2.28. The smallest absolute Gasteiger partial charge is 0.253 e. The number of piperidine rings is 1. The van der Waals surface area contributed by atoms with Gasteiger partial charge in [-0.15, -0.1) is 5.10 Å². The maximum atomic E-state index is 14.3. The molecule has 1 saturated heterocycles. The molecule has 0 aliphatic carbocycles. The molecule has 0 radical (unpaired) electrons. The van der Waals surface area contributed by atoms with Gasteiger partial charge in [-0.2, -0.15) is 4.68 Å². The van der Waals surface area contributed by atoms with Gasteiger partial charge in [0.05, 0.1) is 11.4 Å². The SMILES string of the molecule is Cc1nnnn1-c1ccc(F)c(NC(=O)C2CCN(C(=O)c3ccc(F)cc3)CC2)c1. The lowest BCUT2D eigenvalue weighted by atomic mass is 9.95. The van der Waals surface area contributed by atoms with E-state index in [0.717, 1.165) is 0 Å². The maximum absolute atomic E-state index is 14.3. The molecule has 0 unspecified atom stereocenters. The molecule has 2 amide bonds. The molecule has 1 aromatic heterocycles. The van der Waals surface area contributed by atoms with E-state index in [4.69, 9.17) is 0 Å². The van der Waals surface area contributed by atoms with Gasteiger partial charge in [-0.1, -0.05) is 0 Å². The Bertz CT molecular complexity index is 1110. The summed E-state index contributed by atoms with van der Waals surface area (Å²) in [6.07, 6.45) is 0.901. The number of anilines is 1. The molecule has 2 heterocycles. The van der Waals surface area contributed by atoms with Gasteiger partial charge in [0.1, 0.15) is 11.6 Å². The Labute approximate surface area is 176 Å². The summed E-state index contributed by atoms with van der Waals surface area (Å²) in [5.74, 6) is -1.30. The predicted molar refractivity (Wildman–Crippen MR) is 108 cm³/mol. The summed E-state index contributed by atoms with van der Waals surface area (Å²) in [7, 11) is 0. The fourth-order valence-corrected chi connectivity index (χ4v) is 3.57. The summed E-state index contributed by atoms with van der Waals surface area (Å²) < 4.78 is 28.8. The molecule has 8 nitrogen and oxygen atoms in total. The fourth-order valence-electron chi connectivity index (χ4n) is 3.57. The number of amides is 2. The van der Waals surface area contributed by atoms with Crippen LogP contribution in [0.2, 0.25) is 0 Å². The Balaban J connectivity index is 1.39. The first-order chi connectivity index (χ1) is 14.9. The van der Waals surface area contributed by atoms with Crippen molar-refractivity contribution >= 4 is 17.5 Å². The zero-order valence-corrected chi connectivity index (χ0v) is 16.8. The van der Waals surface area contributed by atoms with Gasteiger partial charge in [0, 0.05) is 24.6 Å². The van der Waals surface area contributed by atoms with Crippen molar-refractivity contribution in [1.29, 1.82) is 0 Å². The number of tetrazole rings is 1. The number of benzene rings is 2. The molecule has 31 heavy (non-hydrogen) atoms. The van der Waals surface area contributed by atoms with Gasteiger partial charge in [0.15, 0.2) is 5.82 Å². The molecule has 1 N–H and O–H groups in total. The quantitative estimate of drug-likeness (QED) is 0.693. The number of carbonyl (C=O) groups is 2. The van der Waals surface area contributed by atoms with Crippen molar-refractivity contribution in [3.8, 4) is 5.69 Å². The molecule has 0 saturated carbocycles. The molecule has 1 aliphatic rings. The van der Waals surface area contributed by atoms with E-state index in [1.165, 1.54) is 47.1 Å². The van der Waals surface area contributed by atoms with Crippen LogP contribution in [0, 0.1) is 24.5 Å². The summed E-state index contributed by atoms with van der Waals surface area (Å²) in [4.78, 5) is 26.9. The molecule has 10 heteroatoms. The highest BCUT2D eigenvalue weighted by atomic mass is 19.1. The summed E-state index contributed by atoms with van der Waals surface area (Å²) >= 11 is 0. The largest absolute Gasteiger partial charge is 0.339 e. The van der Waals surface area contributed by atoms with Crippen LogP contribution in [0.1, 0.15) is 29.0 Å². The first kappa shape index (κ1) is 20.6. The van der Waals surface area contributed by atoms with E-state index in [0.29, 0.717) is 43.0 Å². The number of hydrogen-bond acceptors (Lipinski definition) is 5. The minimum atomic E-state index is -0.563. The molecule has 1 aliphatic heterocycles. The van der Waals surface area contributed by atoms with Crippen LogP contribution in [-0.4, -0.2) is 50.0 Å². The van der Waals surface area contributed by atoms with Crippen molar-refractivity contribution < 1.29 is 18.4 Å². The van der Waals surface area contributed by atoms with E-state index in [9.17, 15) is 18.4 Å². The van der Waals surface area contributed by atoms with Crippen LogP contribution >= 0.6 is 0 Å². The van der Waals surface area contributed by atoms with Crippen molar-refractivity contribution in [3.63, 3.8) is 0 Å². The van der Waals surface area contributed by atoms with Crippen LogP contribution < -0.4 is 5.32 Å². The zero-order chi connectivity index (χ0) is 22.0. The van der Waals surface area contributed by atoms with E-state index in [1.54, 1.807) is 11.8 Å². The molecular formula is C21H20F2N6O2. The summed E-state index contributed by atoms with van der Waals surface area (Å²) in [6.45, 7) is 2.49. The number of nitrogens with zero attached hydrogens (tertiary/aromatic N) is 5. The predicted octanol–water partition coefficient (Wildman–Crippen LogP) is 2.74. The van der Waals surface area contributed by atoms with E-state index < -0.39 is 11.6 Å². The van der Waals surface area contributed by atoms with Crippen LogP contribution in [0.3, 0.4) is 0 Å². The molecule has 0 spiro atoms. The number of halogens is 2. The Hall–Kier alpha value is -3.69. The minimum absolute atomic E-state index is 0.0437. The third-order valence-electron chi connectivity index (χ3n) is 5.32. The number of aryl methyl sites for hydroxylation is 1. The first-order valence-electron chi connectivity index (χ1n) is 9.83. The summed E-state index contributed by atoms with van der Waals surface area (Å²) in [6, 6.07) is 9.62. The third-order valence-corrected chi connectivity index (χ3v) is 5.32. The lowest BCUT2D eigenvalue weighted by Gasteiger charge is -2.31. The molecule has 160 valence electrons. The van der Waals surface area contributed by atoms with Gasteiger partial charge in [-0.3, -0.25) is 9.59 Å². The van der Waals surface area contributed by atoms with E-state index >= 15 is 0 Å². The van der Waals surface area contributed by atoms with Gasteiger partial charge in [0.2, 0.25) is 5.91 Å². The van der Waals surface area contributed by atoms with Crippen molar-refractivity contribution in [2.24, 2.45) is 5.92 Å². The summed E-state index contributed by atoms with van der Waals surface area (Å²) in [5.41, 5.74) is 0.974. The number of rotatable bonds is 4. The topological polar surface area (TPSA) is 93.0 Å². The molecule has 1 fully saturated rings. The number of nitrogens with one attached hydrogen (secondary N) is 1. The standard InChI is InChI=1S/C21H20F2N6O2/c1-13-25-26-27-29(13)17-6-7-18(23)19(12-17)24-20(30)14-8-10-28(11-9-14)21(31)15-2-4-16(22)5-3-15/h2-7,12,14H,8-11H2,1H3,(H,24,30). The molecule has 0 atom stereocenters. The van der Waals surface area contributed by atoms with Gasteiger partial charge in [-0.05, 0) is 72.7 Å². The highest BCUT2D eigenvalue weighted by Crippen LogP contribution is 2.24. The molecule has 0 bridgehead atoms. The van der Waals surface area contributed by atoms with Gasteiger partial charge >= 0.3 is 0 Å². The van der Waals surface area contributed by atoms with Crippen molar-refractivity contribution in [2.75, 3.05) is 18.4 Å². The van der Waals surface area contributed by atoms with Crippen LogP contribution in [0.5, 0.6) is 0 Å². The fraction of sp³-hybridized carbons (Fsp3) is 0.286. The number of likely N-dealkylation sites (tertiary alicyclic amines) is 1. The number of aromatic nitrogens is 4. The lowest BCUT2D eigenvalue weighted by molar-refractivity contribution is -0.121. The number of hydrogen-bond donors (Lipinski definition) is 1. The van der Waals surface area contributed by atoms with Gasteiger partial charge in [0.25, 0.3) is 5.91 Å². The Morgan fingerprint density at radius 3 is 2.42 bits per heavy atom. The molecule has 3 aromatic rings. The average molecular weight is 426 g/mol. The molecule has 4 rings (SSSR count). The highest BCUT2D eigenvalue weighted by molar-refractivity contribution is 5.95. The second-order valence-corrected chi connectivity index (χ2v) is 7.36. The van der Waals surface area contributed by atoms with Gasteiger partial charge in [-0.25, -0.2) is 8.78 Å². The second kappa shape index (κ2) is 8.58. The van der Waals surface area contributed by atoms with E-state index in [2.05, 4.69) is 20.8 Å². The van der Waals surface area contributed by atoms with E-state index in [-0.39, 0.29) is 23.4 Å². The van der Waals surface area contributed by atoms with E-state index in [1.807, 2.05) is 0 Å². The zero-order valence-electron chi connectivity index (χ0n) is 16.8. The normalized spacial score (nSPS) is 14.5. The van der Waals surface area contributed by atoms with Crippen molar-refractivity contribution in [3.05, 3.63) is 65.5 Å². The van der Waals surface area contributed by atoms with Crippen molar-refractivity contribution in [2.45, 2.75) is 19.8 Å². The van der Waals surface area contributed by atoms with Crippen LogP contribution in [0.4, 0.5) is 14.5 Å². The monoisotopic (exact) mass is 426 g/mol. The maximum Gasteiger partial charge on any atom is 0.253 e. The second-order valence-electron chi connectivity index (χ2n) is 7.36. The molecule has 2 aromatic carbocycles. The Morgan fingerprint density at radius 2 is 1.77 bits per heavy atom. The van der Waals surface area contributed by atoms with Crippen LogP contribution in [0.15, 0.2) is 42.5 Å². The number of carbonyl (C=O) groups excluding carboxylic acids is 2. The first-order valence-corrected chi connectivity index (χ1v) is 9.83. The van der Waals surface area contributed by atoms with Gasteiger partial charge < -0.3 is 10.2 Å². The van der Waals surface area contributed by atoms with Crippen LogP contribution in [0.25, 0.3) is 5.69 Å². The lowest BCUT2D eigenvalue weighted by Crippen LogP contribution is -2.41. The van der Waals surface area contributed by atoms with Crippen LogP contribution in [-0.2, 0) is 4.79 Å². The Kier molecular flexibility index (Phi) is 5.70. The average Bonchev–Trinajstić information content (AvgIpc) is 3.21. The van der Waals surface area contributed by atoms with Crippen molar-refractivity contribution in [1.82, 2.24) is 25.1 Å². The Morgan fingerprint density at radius 1 is 1.06 bits per heavy atom.